The lowest BCUT2D eigenvalue weighted by atomic mass is 9.67. The van der Waals surface area contributed by atoms with Crippen LogP contribution >= 0.6 is 23.2 Å². The minimum Gasteiger partial charge on any atom is -0.329 e. The molecule has 4 atom stereocenters. The average Bonchev–Trinajstić information content (AvgIpc) is 3.77. The first-order valence-corrected chi connectivity index (χ1v) is 16.6. The van der Waals surface area contributed by atoms with Gasteiger partial charge in [-0.1, -0.05) is 78.7 Å². The minimum absolute atomic E-state index is 0.0223. The summed E-state index contributed by atoms with van der Waals surface area (Å²) in [6.07, 6.45) is 6.04. The first-order chi connectivity index (χ1) is 19.5. The molecule has 2 fully saturated rings. The van der Waals surface area contributed by atoms with Crippen molar-refractivity contribution in [3.63, 3.8) is 0 Å². The van der Waals surface area contributed by atoms with Crippen molar-refractivity contribution < 1.29 is 13.2 Å². The number of anilines is 1. The lowest BCUT2D eigenvalue weighted by Crippen LogP contribution is -2.59. The van der Waals surface area contributed by atoms with E-state index in [-0.39, 0.29) is 36.4 Å². The van der Waals surface area contributed by atoms with Crippen LogP contribution in [0.2, 0.25) is 10.0 Å². The quantitative estimate of drug-likeness (QED) is 0.219. The van der Waals surface area contributed by atoms with Crippen LogP contribution in [0.25, 0.3) is 0 Å². The molecule has 1 aliphatic carbocycles. The summed E-state index contributed by atoms with van der Waals surface area (Å²) >= 11 is 12.8. The first-order valence-electron chi connectivity index (χ1n) is 14.0. The average molecular weight is 612 g/mol. The van der Waals surface area contributed by atoms with Crippen LogP contribution in [-0.2, 0) is 14.8 Å². The highest BCUT2D eigenvalue weighted by atomic mass is 35.5. The normalized spacial score (nSPS) is 23.7. The van der Waals surface area contributed by atoms with Gasteiger partial charge in [0, 0.05) is 16.0 Å². The molecule has 1 aliphatic heterocycles. The van der Waals surface area contributed by atoms with Crippen LogP contribution in [0.4, 0.5) is 5.69 Å². The molecule has 8 heteroatoms. The molecule has 5 rings (SSSR count). The fourth-order valence-corrected chi connectivity index (χ4v) is 7.65. The van der Waals surface area contributed by atoms with E-state index in [0.717, 1.165) is 24.0 Å². The molecule has 0 spiro atoms. The molecule has 1 amide bonds. The fraction of sp³-hybridized carbons (Fsp3) is 0.364. The summed E-state index contributed by atoms with van der Waals surface area (Å²) in [6, 6.07) is 24.0. The Morgan fingerprint density at radius 2 is 1.68 bits per heavy atom. The molecule has 0 aromatic heterocycles. The van der Waals surface area contributed by atoms with Gasteiger partial charge in [0.25, 0.3) is 0 Å². The van der Waals surface area contributed by atoms with Crippen LogP contribution in [-0.4, -0.2) is 38.1 Å². The van der Waals surface area contributed by atoms with E-state index in [0.29, 0.717) is 28.6 Å². The van der Waals surface area contributed by atoms with Crippen LogP contribution in [0, 0.1) is 11.3 Å². The van der Waals surface area contributed by atoms with Gasteiger partial charge in [0.15, 0.2) is 0 Å². The number of likely N-dealkylation sites (tertiary alicyclic amines) is 1. The van der Waals surface area contributed by atoms with Crippen molar-refractivity contribution in [3.8, 4) is 0 Å². The van der Waals surface area contributed by atoms with Gasteiger partial charge < -0.3 is 4.90 Å². The number of piperidine rings is 1. The first kappa shape index (κ1) is 29.7. The number of benzene rings is 3. The van der Waals surface area contributed by atoms with Crippen molar-refractivity contribution in [2.45, 2.75) is 50.6 Å². The topological polar surface area (TPSA) is 57.7 Å². The van der Waals surface area contributed by atoms with E-state index in [1.165, 1.54) is 10.6 Å². The summed E-state index contributed by atoms with van der Waals surface area (Å²) < 4.78 is 27.8. The number of carbonyl (C=O) groups excluding carboxylic acids is 1. The monoisotopic (exact) mass is 610 g/mol. The zero-order valence-corrected chi connectivity index (χ0v) is 25.7. The molecule has 5 nitrogen and oxygen atoms in total. The van der Waals surface area contributed by atoms with Crippen molar-refractivity contribution >= 4 is 44.8 Å². The second kappa shape index (κ2) is 11.8. The van der Waals surface area contributed by atoms with Gasteiger partial charge in [-0.3, -0.25) is 9.10 Å². The Labute approximate surface area is 253 Å². The molecule has 0 radical (unpaired) electrons. The summed E-state index contributed by atoms with van der Waals surface area (Å²) in [6.45, 7) is 6.16. The summed E-state index contributed by atoms with van der Waals surface area (Å²) in [5.74, 6) is 0.129. The zero-order chi connectivity index (χ0) is 29.4. The number of hydrogen-bond acceptors (Lipinski definition) is 3. The molecule has 2 aliphatic rings. The maximum Gasteiger partial charge on any atom is 0.232 e. The number of sulfonamides is 1. The van der Waals surface area contributed by atoms with Gasteiger partial charge in [0.05, 0.1) is 36.0 Å². The number of nitrogens with zero attached hydrogens (tertiary/aromatic N) is 2. The molecule has 1 saturated heterocycles. The van der Waals surface area contributed by atoms with E-state index in [1.54, 1.807) is 12.1 Å². The van der Waals surface area contributed by atoms with Gasteiger partial charge >= 0.3 is 0 Å². The molecule has 0 unspecified atom stereocenters. The van der Waals surface area contributed by atoms with Gasteiger partial charge in [-0.25, -0.2) is 8.42 Å². The van der Waals surface area contributed by atoms with E-state index >= 15 is 0 Å². The highest BCUT2D eigenvalue weighted by Crippen LogP contribution is 2.54. The Morgan fingerprint density at radius 1 is 1.00 bits per heavy atom. The highest BCUT2D eigenvalue weighted by molar-refractivity contribution is 7.92. The standard InChI is InChI=1S/C33H36Cl2N2O3S/c1-4-19-33(2)21-29(25-9-8-10-27(35)20-25)31(24-15-17-26(34)18-16-24)37(32(33)38)30(23-13-14-23)22-36(41(3,39)40)28-11-6-5-7-12-28/h4-12,15-18,20,23,29-31H,1,13-14,19,21-22H2,2-3H3/t29-,30+,31-,33+/m1/s1. The van der Waals surface area contributed by atoms with Crippen LogP contribution < -0.4 is 4.31 Å². The molecule has 0 N–H and O–H groups in total. The number of para-hydroxylation sites is 1. The van der Waals surface area contributed by atoms with Crippen LogP contribution in [0.3, 0.4) is 0 Å². The Morgan fingerprint density at radius 3 is 2.27 bits per heavy atom. The SMILES string of the molecule is C=CC[C@@]1(C)C[C@H](c2cccc(Cl)c2)[C@@H](c2ccc(Cl)cc2)N([C@@H](CN(c2ccccc2)S(C)(=O)=O)C2CC2)C1=O. The minimum atomic E-state index is -3.63. The van der Waals surface area contributed by atoms with Crippen molar-refractivity contribution in [1.29, 1.82) is 0 Å². The van der Waals surface area contributed by atoms with E-state index in [9.17, 15) is 13.2 Å². The summed E-state index contributed by atoms with van der Waals surface area (Å²) in [5.41, 5.74) is 1.88. The lowest BCUT2D eigenvalue weighted by molar-refractivity contribution is -0.154. The number of rotatable bonds is 10. The van der Waals surface area contributed by atoms with Gasteiger partial charge in [-0.15, -0.1) is 6.58 Å². The van der Waals surface area contributed by atoms with Crippen LogP contribution in [0.15, 0.2) is 91.5 Å². The predicted octanol–water partition coefficient (Wildman–Crippen LogP) is 7.88. The number of allylic oxidation sites excluding steroid dienone is 1. The van der Waals surface area contributed by atoms with Crippen molar-refractivity contribution in [3.05, 3.63) is 113 Å². The Hall–Kier alpha value is -2.80. The second-order valence-electron chi connectivity index (χ2n) is 11.7. The molecule has 0 bridgehead atoms. The lowest BCUT2D eigenvalue weighted by Gasteiger charge is -2.52. The molecule has 1 heterocycles. The smallest absolute Gasteiger partial charge is 0.232 e. The number of carbonyl (C=O) groups is 1. The zero-order valence-electron chi connectivity index (χ0n) is 23.4. The van der Waals surface area contributed by atoms with E-state index in [2.05, 4.69) is 12.6 Å². The van der Waals surface area contributed by atoms with Crippen molar-refractivity contribution in [1.82, 2.24) is 4.90 Å². The van der Waals surface area contributed by atoms with Crippen LogP contribution in [0.1, 0.15) is 55.7 Å². The molecule has 41 heavy (non-hydrogen) atoms. The largest absolute Gasteiger partial charge is 0.329 e. The Kier molecular flexibility index (Phi) is 8.56. The molecular formula is C33H36Cl2N2O3S. The van der Waals surface area contributed by atoms with E-state index < -0.39 is 15.4 Å². The molecule has 216 valence electrons. The third-order valence-electron chi connectivity index (χ3n) is 8.51. The van der Waals surface area contributed by atoms with Crippen molar-refractivity contribution in [2.24, 2.45) is 11.3 Å². The van der Waals surface area contributed by atoms with Gasteiger partial charge in [-0.05, 0) is 79.1 Å². The second-order valence-corrected chi connectivity index (χ2v) is 14.4. The summed E-state index contributed by atoms with van der Waals surface area (Å²) in [5, 5.41) is 1.25. The van der Waals surface area contributed by atoms with Gasteiger partial charge in [0.1, 0.15) is 0 Å². The number of halogens is 2. The maximum atomic E-state index is 14.7. The third kappa shape index (κ3) is 6.35. The molecule has 3 aromatic rings. The summed E-state index contributed by atoms with van der Waals surface area (Å²) in [4.78, 5) is 16.7. The van der Waals surface area contributed by atoms with E-state index in [4.69, 9.17) is 23.2 Å². The Balaban J connectivity index is 1.69. The molecule has 3 aromatic carbocycles. The predicted molar refractivity (Wildman–Crippen MR) is 168 cm³/mol. The Bertz CT molecular complexity index is 1510. The van der Waals surface area contributed by atoms with Gasteiger partial charge in [-0.2, -0.15) is 0 Å². The number of hydrogen-bond donors (Lipinski definition) is 0. The van der Waals surface area contributed by atoms with E-state index in [1.807, 2.05) is 78.6 Å². The summed E-state index contributed by atoms with van der Waals surface area (Å²) in [7, 11) is -3.63. The van der Waals surface area contributed by atoms with Crippen molar-refractivity contribution in [2.75, 3.05) is 17.1 Å². The van der Waals surface area contributed by atoms with Gasteiger partial charge in [0.2, 0.25) is 15.9 Å². The third-order valence-corrected chi connectivity index (χ3v) is 10.2. The fourth-order valence-electron chi connectivity index (χ4n) is 6.39. The highest BCUT2D eigenvalue weighted by Gasteiger charge is 2.54. The number of amides is 1. The molecular weight excluding hydrogens is 575 g/mol. The van der Waals surface area contributed by atoms with Crippen LogP contribution in [0.5, 0.6) is 0 Å². The molecule has 1 saturated carbocycles. The maximum absolute atomic E-state index is 14.7.